The first-order chi connectivity index (χ1) is 7.04. The van der Waals surface area contributed by atoms with E-state index in [0.29, 0.717) is 12.0 Å². The number of rotatable bonds is 4. The van der Waals surface area contributed by atoms with E-state index in [-0.39, 0.29) is 5.54 Å². The molecule has 0 aromatic rings. The predicted octanol–water partition coefficient (Wildman–Crippen LogP) is 1.47. The van der Waals surface area contributed by atoms with Gasteiger partial charge in [0.25, 0.3) is 0 Å². The molecular formula is C12H26N2O. The molecule has 0 aromatic carbocycles. The minimum atomic E-state index is 0.151. The summed E-state index contributed by atoms with van der Waals surface area (Å²) in [6, 6.07) is 0. The van der Waals surface area contributed by atoms with Crippen LogP contribution in [-0.2, 0) is 4.74 Å². The number of piperidine rings is 1. The second-order valence-electron chi connectivity index (χ2n) is 5.14. The minimum Gasteiger partial charge on any atom is -0.381 e. The first-order valence-corrected chi connectivity index (χ1v) is 6.02. The highest BCUT2D eigenvalue weighted by atomic mass is 16.5. The fourth-order valence-corrected chi connectivity index (χ4v) is 2.33. The normalized spacial score (nSPS) is 24.4. The third-order valence-electron chi connectivity index (χ3n) is 4.15. The summed E-state index contributed by atoms with van der Waals surface area (Å²) in [7, 11) is 1.81. The summed E-state index contributed by atoms with van der Waals surface area (Å²) < 4.78 is 5.39. The first-order valence-electron chi connectivity index (χ1n) is 6.02. The van der Waals surface area contributed by atoms with Gasteiger partial charge in [0.2, 0.25) is 0 Å². The van der Waals surface area contributed by atoms with Crippen LogP contribution >= 0.6 is 0 Å². The van der Waals surface area contributed by atoms with Crippen molar-refractivity contribution in [2.75, 3.05) is 26.7 Å². The Labute approximate surface area is 94.0 Å². The minimum absolute atomic E-state index is 0.151. The molecule has 1 unspecified atom stereocenters. The molecule has 0 aromatic heterocycles. The van der Waals surface area contributed by atoms with Crippen LogP contribution in [0.15, 0.2) is 0 Å². The Kier molecular flexibility index (Phi) is 4.56. The quantitative estimate of drug-likeness (QED) is 0.770. The van der Waals surface area contributed by atoms with E-state index in [0.717, 1.165) is 32.5 Å². The molecular weight excluding hydrogens is 188 g/mol. The Morgan fingerprint density at radius 1 is 1.40 bits per heavy atom. The van der Waals surface area contributed by atoms with Crippen LogP contribution in [0.5, 0.6) is 0 Å². The monoisotopic (exact) mass is 214 g/mol. The van der Waals surface area contributed by atoms with Gasteiger partial charge in [-0.3, -0.25) is 4.90 Å². The first kappa shape index (κ1) is 12.9. The maximum atomic E-state index is 5.93. The van der Waals surface area contributed by atoms with Crippen LogP contribution in [0.2, 0.25) is 0 Å². The summed E-state index contributed by atoms with van der Waals surface area (Å²) >= 11 is 0. The van der Waals surface area contributed by atoms with Gasteiger partial charge in [0, 0.05) is 32.3 Å². The summed E-state index contributed by atoms with van der Waals surface area (Å²) in [6.07, 6.45) is 2.73. The molecule has 1 heterocycles. The van der Waals surface area contributed by atoms with Gasteiger partial charge in [0.1, 0.15) is 0 Å². The van der Waals surface area contributed by atoms with E-state index in [1.54, 1.807) is 0 Å². The zero-order valence-electron chi connectivity index (χ0n) is 10.6. The van der Waals surface area contributed by atoms with Gasteiger partial charge in [-0.2, -0.15) is 0 Å². The van der Waals surface area contributed by atoms with E-state index in [2.05, 4.69) is 25.7 Å². The van der Waals surface area contributed by atoms with Gasteiger partial charge in [-0.05, 0) is 25.7 Å². The molecule has 0 aliphatic carbocycles. The molecule has 1 saturated heterocycles. The Morgan fingerprint density at radius 2 is 1.93 bits per heavy atom. The second-order valence-corrected chi connectivity index (χ2v) is 5.14. The lowest BCUT2D eigenvalue weighted by Gasteiger charge is -2.46. The molecule has 1 fully saturated rings. The van der Waals surface area contributed by atoms with Gasteiger partial charge in [0.15, 0.2) is 0 Å². The third kappa shape index (κ3) is 2.71. The second kappa shape index (κ2) is 5.28. The van der Waals surface area contributed by atoms with Crippen LogP contribution in [0.25, 0.3) is 0 Å². The molecule has 1 atom stereocenters. The molecule has 0 saturated carbocycles. The van der Waals surface area contributed by atoms with E-state index in [4.69, 9.17) is 10.5 Å². The van der Waals surface area contributed by atoms with Crippen molar-refractivity contribution in [2.24, 2.45) is 11.7 Å². The Balaban J connectivity index is 2.57. The molecule has 0 bridgehead atoms. The van der Waals surface area contributed by atoms with Crippen molar-refractivity contribution in [1.29, 1.82) is 0 Å². The van der Waals surface area contributed by atoms with Crippen molar-refractivity contribution in [3.63, 3.8) is 0 Å². The number of nitrogens with two attached hydrogens (primary N) is 1. The summed E-state index contributed by atoms with van der Waals surface area (Å²) in [5.74, 6) is 0.599. The number of hydrogen-bond acceptors (Lipinski definition) is 3. The lowest BCUT2D eigenvalue weighted by atomic mass is 9.85. The van der Waals surface area contributed by atoms with Crippen LogP contribution in [0.4, 0.5) is 0 Å². The summed E-state index contributed by atoms with van der Waals surface area (Å²) in [4.78, 5) is 2.53. The average Bonchev–Trinajstić information content (AvgIpc) is 2.28. The molecule has 0 spiro atoms. The summed E-state index contributed by atoms with van der Waals surface area (Å²) in [5.41, 5.74) is 6.08. The van der Waals surface area contributed by atoms with E-state index in [1.165, 1.54) is 0 Å². The zero-order valence-corrected chi connectivity index (χ0v) is 10.6. The van der Waals surface area contributed by atoms with Crippen LogP contribution in [0.1, 0.15) is 33.6 Å². The highest BCUT2D eigenvalue weighted by molar-refractivity contribution is 4.92. The average molecular weight is 214 g/mol. The highest BCUT2D eigenvalue weighted by Crippen LogP contribution is 2.27. The summed E-state index contributed by atoms with van der Waals surface area (Å²) in [6.45, 7) is 9.77. The van der Waals surface area contributed by atoms with Crippen molar-refractivity contribution in [3.8, 4) is 0 Å². The standard InChI is InChI=1S/C12H26N2O/c1-10(2)12(3,9-13)14-7-5-11(15-4)6-8-14/h10-11H,5-9,13H2,1-4H3. The van der Waals surface area contributed by atoms with Crippen LogP contribution < -0.4 is 5.73 Å². The molecule has 3 nitrogen and oxygen atoms in total. The maximum absolute atomic E-state index is 5.93. The number of likely N-dealkylation sites (tertiary alicyclic amines) is 1. The van der Waals surface area contributed by atoms with Crippen LogP contribution in [-0.4, -0.2) is 43.3 Å². The molecule has 1 rings (SSSR count). The van der Waals surface area contributed by atoms with Crippen molar-refractivity contribution in [3.05, 3.63) is 0 Å². The van der Waals surface area contributed by atoms with Crippen molar-refractivity contribution < 1.29 is 4.74 Å². The van der Waals surface area contributed by atoms with E-state index < -0.39 is 0 Å². The molecule has 1 aliphatic heterocycles. The maximum Gasteiger partial charge on any atom is 0.0595 e. The fraction of sp³-hybridized carbons (Fsp3) is 1.00. The van der Waals surface area contributed by atoms with E-state index in [1.807, 2.05) is 7.11 Å². The molecule has 15 heavy (non-hydrogen) atoms. The van der Waals surface area contributed by atoms with Gasteiger partial charge < -0.3 is 10.5 Å². The Morgan fingerprint density at radius 3 is 2.27 bits per heavy atom. The lowest BCUT2D eigenvalue weighted by molar-refractivity contribution is -0.0120. The van der Waals surface area contributed by atoms with Crippen LogP contribution in [0.3, 0.4) is 0 Å². The third-order valence-corrected chi connectivity index (χ3v) is 4.15. The Bertz CT molecular complexity index is 188. The topological polar surface area (TPSA) is 38.5 Å². The zero-order chi connectivity index (χ0) is 11.5. The molecule has 1 aliphatic rings. The molecule has 0 amide bonds. The number of methoxy groups -OCH3 is 1. The molecule has 3 heteroatoms. The van der Waals surface area contributed by atoms with Gasteiger partial charge in [-0.25, -0.2) is 0 Å². The lowest BCUT2D eigenvalue weighted by Crippen LogP contribution is -2.58. The van der Waals surface area contributed by atoms with Gasteiger partial charge in [-0.1, -0.05) is 13.8 Å². The molecule has 0 radical (unpaired) electrons. The largest absolute Gasteiger partial charge is 0.381 e. The molecule has 90 valence electrons. The fourth-order valence-electron chi connectivity index (χ4n) is 2.33. The number of ether oxygens (including phenoxy) is 1. The van der Waals surface area contributed by atoms with Crippen LogP contribution in [0, 0.1) is 5.92 Å². The number of hydrogen-bond donors (Lipinski definition) is 1. The molecule has 2 N–H and O–H groups in total. The van der Waals surface area contributed by atoms with E-state index >= 15 is 0 Å². The van der Waals surface area contributed by atoms with Crippen molar-refractivity contribution >= 4 is 0 Å². The summed E-state index contributed by atoms with van der Waals surface area (Å²) in [5, 5.41) is 0. The van der Waals surface area contributed by atoms with E-state index in [9.17, 15) is 0 Å². The SMILES string of the molecule is COC1CCN(C(C)(CN)C(C)C)CC1. The van der Waals surface area contributed by atoms with Crippen molar-refractivity contribution in [2.45, 2.75) is 45.3 Å². The van der Waals surface area contributed by atoms with Crippen molar-refractivity contribution in [1.82, 2.24) is 4.90 Å². The van der Waals surface area contributed by atoms with Gasteiger partial charge in [0.05, 0.1) is 6.10 Å². The smallest absolute Gasteiger partial charge is 0.0595 e. The Hall–Kier alpha value is -0.120. The number of nitrogens with zero attached hydrogens (tertiary/aromatic N) is 1. The van der Waals surface area contributed by atoms with Gasteiger partial charge >= 0.3 is 0 Å². The van der Waals surface area contributed by atoms with Gasteiger partial charge in [-0.15, -0.1) is 0 Å². The predicted molar refractivity (Wildman–Crippen MR) is 63.9 cm³/mol. The highest BCUT2D eigenvalue weighted by Gasteiger charge is 2.35.